The Balaban J connectivity index is 1.99. The van der Waals surface area contributed by atoms with Gasteiger partial charge in [-0.15, -0.1) is 0 Å². The van der Waals surface area contributed by atoms with Crippen molar-refractivity contribution in [1.29, 1.82) is 0 Å². The van der Waals surface area contributed by atoms with Gasteiger partial charge in [-0.25, -0.2) is 0 Å². The van der Waals surface area contributed by atoms with Crippen molar-refractivity contribution in [2.75, 3.05) is 5.01 Å². The molecule has 128 valence electrons. The zero-order valence-corrected chi connectivity index (χ0v) is 14.8. The molecule has 1 aliphatic heterocycles. The number of benzene rings is 1. The van der Waals surface area contributed by atoms with E-state index < -0.39 is 16.7 Å². The highest BCUT2D eigenvalue weighted by molar-refractivity contribution is 6.44. The van der Waals surface area contributed by atoms with Crippen molar-refractivity contribution < 1.29 is 14.1 Å². The Morgan fingerprint density at radius 3 is 2.44 bits per heavy atom. The zero-order chi connectivity index (χ0) is 18.3. The predicted molar refractivity (Wildman–Crippen MR) is 95.4 cm³/mol. The number of rotatable bonds is 3. The molecule has 1 aromatic carbocycles. The first-order valence-corrected chi connectivity index (χ1v) is 7.92. The summed E-state index contributed by atoms with van der Waals surface area (Å²) >= 11 is 18.1. The second kappa shape index (κ2) is 6.51. The van der Waals surface area contributed by atoms with Gasteiger partial charge in [-0.05, 0) is 31.2 Å². The van der Waals surface area contributed by atoms with Gasteiger partial charge in [0.05, 0.1) is 27.4 Å². The maximum atomic E-state index is 12.7. The number of carbonyl (C=O) groups excluding carboxylic acids is 1. The Bertz CT molecular complexity index is 942. The summed E-state index contributed by atoms with van der Waals surface area (Å²) < 4.78 is 5.04. The molecule has 3 rings (SSSR count). The molecule has 2 aromatic rings. The minimum atomic E-state index is -0.668. The number of furan rings is 1. The van der Waals surface area contributed by atoms with Gasteiger partial charge < -0.3 is 4.42 Å². The quantitative estimate of drug-likeness (QED) is 0.414. The maximum absolute atomic E-state index is 12.7. The van der Waals surface area contributed by atoms with Crippen molar-refractivity contribution in [3.8, 4) is 0 Å². The summed E-state index contributed by atoms with van der Waals surface area (Å²) in [7, 11) is 0. The molecule has 0 spiro atoms. The molecule has 2 heterocycles. The van der Waals surface area contributed by atoms with Crippen molar-refractivity contribution in [3.63, 3.8) is 0 Å². The van der Waals surface area contributed by atoms with Gasteiger partial charge in [-0.3, -0.25) is 14.9 Å². The zero-order valence-electron chi connectivity index (χ0n) is 12.5. The lowest BCUT2D eigenvalue weighted by atomic mass is 10.1. The Morgan fingerprint density at radius 1 is 1.24 bits per heavy atom. The van der Waals surface area contributed by atoms with E-state index in [0.29, 0.717) is 10.7 Å². The molecule has 1 aliphatic rings. The van der Waals surface area contributed by atoms with Gasteiger partial charge in [0.2, 0.25) is 0 Å². The largest absolute Gasteiger partial charge is 0.433 e. The monoisotopic (exact) mass is 399 g/mol. The van der Waals surface area contributed by atoms with Crippen LogP contribution in [-0.4, -0.2) is 16.5 Å². The van der Waals surface area contributed by atoms with E-state index in [-0.39, 0.29) is 27.1 Å². The molecule has 1 aromatic heterocycles. The number of hydrazone groups is 1. The molecule has 0 saturated heterocycles. The van der Waals surface area contributed by atoms with Crippen molar-refractivity contribution >= 4 is 64.1 Å². The molecule has 0 aliphatic carbocycles. The summed E-state index contributed by atoms with van der Waals surface area (Å²) in [5, 5.41) is 16.5. The van der Waals surface area contributed by atoms with Gasteiger partial charge in [0.1, 0.15) is 16.4 Å². The van der Waals surface area contributed by atoms with E-state index in [4.69, 9.17) is 39.2 Å². The normalized spacial score (nSPS) is 15.8. The maximum Gasteiger partial charge on any atom is 0.433 e. The fourth-order valence-electron chi connectivity index (χ4n) is 2.23. The summed E-state index contributed by atoms with van der Waals surface area (Å²) in [5.74, 6) is -0.769. The van der Waals surface area contributed by atoms with E-state index >= 15 is 0 Å². The minimum Gasteiger partial charge on any atom is -0.401 e. The number of amides is 1. The molecule has 0 atom stereocenters. The average molecular weight is 401 g/mol. The summed E-state index contributed by atoms with van der Waals surface area (Å²) in [5.41, 5.74) is 0.781. The first kappa shape index (κ1) is 17.5. The second-order valence-electron chi connectivity index (χ2n) is 5.01. The molecule has 0 radical (unpaired) electrons. The van der Waals surface area contributed by atoms with Crippen molar-refractivity contribution in [3.05, 3.63) is 60.8 Å². The van der Waals surface area contributed by atoms with Crippen LogP contribution in [0.15, 0.2) is 39.4 Å². The van der Waals surface area contributed by atoms with Gasteiger partial charge in [-0.1, -0.05) is 34.8 Å². The van der Waals surface area contributed by atoms with E-state index in [1.54, 1.807) is 6.92 Å². The molecule has 7 nitrogen and oxygen atoms in total. The number of halogens is 3. The van der Waals surface area contributed by atoms with Crippen LogP contribution in [0.2, 0.25) is 15.1 Å². The molecule has 1 amide bonds. The second-order valence-corrected chi connectivity index (χ2v) is 6.26. The van der Waals surface area contributed by atoms with Crippen LogP contribution in [0.4, 0.5) is 11.6 Å². The number of nitro groups is 1. The number of hydrogen-bond acceptors (Lipinski definition) is 5. The summed E-state index contributed by atoms with van der Waals surface area (Å²) in [6.07, 6.45) is 1.37. The Hall–Kier alpha value is -2.35. The SMILES string of the molecule is CC1=NN(c2c(Cl)cc(Cl)cc2Cl)C(=O)/C1=C/c1ccc([N+](=O)[O-])o1. The minimum absolute atomic E-state index is 0.153. The first-order chi connectivity index (χ1) is 11.8. The molecule has 0 fully saturated rings. The summed E-state index contributed by atoms with van der Waals surface area (Å²) in [4.78, 5) is 22.7. The van der Waals surface area contributed by atoms with Crippen LogP contribution in [-0.2, 0) is 4.79 Å². The molecule has 25 heavy (non-hydrogen) atoms. The highest BCUT2D eigenvalue weighted by Gasteiger charge is 2.32. The third-order valence-electron chi connectivity index (χ3n) is 3.34. The van der Waals surface area contributed by atoms with Crippen molar-refractivity contribution in [1.82, 2.24) is 0 Å². The van der Waals surface area contributed by atoms with Crippen LogP contribution in [0.25, 0.3) is 6.08 Å². The first-order valence-electron chi connectivity index (χ1n) is 6.78. The van der Waals surface area contributed by atoms with E-state index in [9.17, 15) is 14.9 Å². The topological polar surface area (TPSA) is 89.0 Å². The van der Waals surface area contributed by atoms with Crippen LogP contribution in [0.3, 0.4) is 0 Å². The lowest BCUT2D eigenvalue weighted by Gasteiger charge is -2.15. The molecule has 0 unspecified atom stereocenters. The Labute approximate surface area is 156 Å². The van der Waals surface area contributed by atoms with Crippen molar-refractivity contribution in [2.45, 2.75) is 6.92 Å². The molecular formula is C15H8Cl3N3O4. The van der Waals surface area contributed by atoms with E-state index in [0.717, 1.165) is 5.01 Å². The summed E-state index contributed by atoms with van der Waals surface area (Å²) in [6, 6.07) is 5.47. The fourth-order valence-corrected chi connectivity index (χ4v) is 3.21. The number of anilines is 1. The predicted octanol–water partition coefficient (Wildman–Crippen LogP) is 4.95. The lowest BCUT2D eigenvalue weighted by Crippen LogP contribution is -2.22. The van der Waals surface area contributed by atoms with Crippen LogP contribution < -0.4 is 5.01 Å². The van der Waals surface area contributed by atoms with E-state index in [2.05, 4.69) is 5.10 Å². The van der Waals surface area contributed by atoms with Gasteiger partial charge in [0.25, 0.3) is 5.91 Å². The number of carbonyl (C=O) groups is 1. The van der Waals surface area contributed by atoms with Crippen molar-refractivity contribution in [2.24, 2.45) is 5.10 Å². The lowest BCUT2D eigenvalue weighted by molar-refractivity contribution is -0.402. The third-order valence-corrected chi connectivity index (χ3v) is 4.13. The third kappa shape index (κ3) is 3.26. The van der Waals surface area contributed by atoms with Gasteiger partial charge in [-0.2, -0.15) is 10.1 Å². The standard InChI is InChI=1S/C15H8Cl3N3O4/c1-7-10(6-9-2-3-13(25-9)21(23)24)15(22)20(19-7)14-11(17)4-8(16)5-12(14)18/h2-6H,1H3/b10-6+. The molecule has 10 heteroatoms. The van der Waals surface area contributed by atoms with E-state index in [1.165, 1.54) is 30.3 Å². The van der Waals surface area contributed by atoms with Crippen LogP contribution in [0.1, 0.15) is 12.7 Å². The average Bonchev–Trinajstić information content (AvgIpc) is 3.08. The number of nitrogens with zero attached hydrogens (tertiary/aromatic N) is 3. The van der Waals surface area contributed by atoms with E-state index in [1.807, 2.05) is 0 Å². The smallest absolute Gasteiger partial charge is 0.401 e. The van der Waals surface area contributed by atoms with Crippen LogP contribution in [0, 0.1) is 10.1 Å². The van der Waals surface area contributed by atoms with Gasteiger partial charge in [0.15, 0.2) is 0 Å². The van der Waals surface area contributed by atoms with Gasteiger partial charge >= 0.3 is 5.88 Å². The Kier molecular flexibility index (Phi) is 4.55. The highest BCUT2D eigenvalue weighted by Crippen LogP contribution is 2.39. The number of hydrogen-bond donors (Lipinski definition) is 0. The summed E-state index contributed by atoms with van der Waals surface area (Å²) in [6.45, 7) is 1.61. The molecule has 0 bridgehead atoms. The molecule has 0 saturated carbocycles. The van der Waals surface area contributed by atoms with Crippen LogP contribution >= 0.6 is 34.8 Å². The Morgan fingerprint density at radius 2 is 1.88 bits per heavy atom. The van der Waals surface area contributed by atoms with Gasteiger partial charge in [0, 0.05) is 5.02 Å². The van der Waals surface area contributed by atoms with Crippen LogP contribution in [0.5, 0.6) is 0 Å². The molecule has 0 N–H and O–H groups in total. The fraction of sp³-hybridized carbons (Fsp3) is 0.0667. The molecular weight excluding hydrogens is 393 g/mol. The highest BCUT2D eigenvalue weighted by atomic mass is 35.5.